The molecule has 2 aromatic carbocycles. The highest BCUT2D eigenvalue weighted by atomic mass is 16.5. The first-order valence-corrected chi connectivity index (χ1v) is 9.59. The lowest BCUT2D eigenvalue weighted by Crippen LogP contribution is -2.31. The molecule has 1 fully saturated rings. The number of rotatable bonds is 9. The maximum absolute atomic E-state index is 12.4. The number of nitrogens with zero attached hydrogens (tertiary/aromatic N) is 1. The lowest BCUT2D eigenvalue weighted by molar-refractivity contribution is 0.0946. The lowest BCUT2D eigenvalue weighted by Gasteiger charge is -2.15. The third-order valence-electron chi connectivity index (χ3n) is 4.94. The molecule has 28 heavy (non-hydrogen) atoms. The summed E-state index contributed by atoms with van der Waals surface area (Å²) in [6.07, 6.45) is 1.11. The van der Waals surface area contributed by atoms with Crippen LogP contribution < -0.4 is 14.8 Å². The smallest absolute Gasteiger partial charge is 0.251 e. The highest BCUT2D eigenvalue weighted by Crippen LogP contribution is 2.24. The average Bonchev–Trinajstić information content (AvgIpc) is 3.19. The van der Waals surface area contributed by atoms with Crippen molar-refractivity contribution >= 4 is 5.91 Å². The van der Waals surface area contributed by atoms with E-state index in [9.17, 15) is 4.79 Å². The van der Waals surface area contributed by atoms with Crippen LogP contribution in [-0.2, 0) is 4.74 Å². The van der Waals surface area contributed by atoms with E-state index in [1.165, 1.54) is 0 Å². The van der Waals surface area contributed by atoms with E-state index in [0.717, 1.165) is 44.2 Å². The fourth-order valence-corrected chi connectivity index (χ4v) is 3.30. The van der Waals surface area contributed by atoms with Crippen molar-refractivity contribution < 1.29 is 19.0 Å². The van der Waals surface area contributed by atoms with E-state index in [0.29, 0.717) is 23.8 Å². The summed E-state index contributed by atoms with van der Waals surface area (Å²) in [6, 6.07) is 14.6. The maximum atomic E-state index is 12.4. The van der Waals surface area contributed by atoms with Crippen LogP contribution in [0, 0.1) is 5.92 Å². The molecule has 0 aliphatic carbocycles. The van der Waals surface area contributed by atoms with Gasteiger partial charge in [-0.1, -0.05) is 0 Å². The monoisotopic (exact) mass is 384 g/mol. The Bertz CT molecular complexity index is 746. The van der Waals surface area contributed by atoms with Gasteiger partial charge in [0.2, 0.25) is 0 Å². The molecule has 2 aromatic rings. The van der Waals surface area contributed by atoms with Gasteiger partial charge in [0.15, 0.2) is 0 Å². The number of likely N-dealkylation sites (tertiary alicyclic amines) is 1. The van der Waals surface area contributed by atoms with Crippen LogP contribution in [0.2, 0.25) is 0 Å². The second-order valence-corrected chi connectivity index (χ2v) is 6.96. The Kier molecular flexibility index (Phi) is 7.28. The summed E-state index contributed by atoms with van der Waals surface area (Å²) in [7, 11) is 3.35. The molecule has 0 radical (unpaired) electrons. The number of hydrogen-bond donors (Lipinski definition) is 1. The van der Waals surface area contributed by atoms with Crippen molar-refractivity contribution in [3.63, 3.8) is 0 Å². The predicted octanol–water partition coefficient (Wildman–Crippen LogP) is 3.19. The molecule has 0 saturated carbocycles. The average molecular weight is 384 g/mol. The van der Waals surface area contributed by atoms with Gasteiger partial charge in [-0.2, -0.15) is 0 Å². The molecule has 1 atom stereocenters. The van der Waals surface area contributed by atoms with Gasteiger partial charge in [-0.3, -0.25) is 4.79 Å². The number of amides is 1. The minimum absolute atomic E-state index is 0.0497. The van der Waals surface area contributed by atoms with Crippen molar-refractivity contribution in [3.8, 4) is 17.2 Å². The number of nitrogens with one attached hydrogen (secondary N) is 1. The normalized spacial score (nSPS) is 16.7. The Balaban J connectivity index is 1.45. The number of carbonyl (C=O) groups excluding carboxylic acids is 1. The summed E-state index contributed by atoms with van der Waals surface area (Å²) in [5.74, 6) is 2.64. The Morgan fingerprint density at radius 2 is 1.68 bits per heavy atom. The van der Waals surface area contributed by atoms with Crippen molar-refractivity contribution in [2.75, 3.05) is 47.0 Å². The molecule has 1 heterocycles. The molecule has 1 aliphatic rings. The van der Waals surface area contributed by atoms with Crippen LogP contribution in [0.15, 0.2) is 48.5 Å². The summed E-state index contributed by atoms with van der Waals surface area (Å²) in [5.41, 5.74) is 0.635. The van der Waals surface area contributed by atoms with E-state index in [1.807, 2.05) is 24.3 Å². The third kappa shape index (κ3) is 5.71. The highest BCUT2D eigenvalue weighted by molar-refractivity contribution is 5.94. The highest BCUT2D eigenvalue weighted by Gasteiger charge is 2.22. The first-order valence-electron chi connectivity index (χ1n) is 9.59. The summed E-state index contributed by atoms with van der Waals surface area (Å²) >= 11 is 0. The molecule has 150 valence electrons. The molecular weight excluding hydrogens is 356 g/mol. The van der Waals surface area contributed by atoms with Crippen molar-refractivity contribution in [2.45, 2.75) is 6.42 Å². The number of hydrogen-bond acceptors (Lipinski definition) is 5. The summed E-state index contributed by atoms with van der Waals surface area (Å²) in [4.78, 5) is 14.8. The zero-order valence-electron chi connectivity index (χ0n) is 16.5. The van der Waals surface area contributed by atoms with E-state index in [4.69, 9.17) is 14.2 Å². The molecular formula is C22H28N2O4. The quantitative estimate of drug-likeness (QED) is 0.720. The molecule has 1 N–H and O–H groups in total. The maximum Gasteiger partial charge on any atom is 0.251 e. The molecule has 1 amide bonds. The van der Waals surface area contributed by atoms with Gasteiger partial charge in [0.05, 0.1) is 13.7 Å². The number of benzene rings is 2. The van der Waals surface area contributed by atoms with Crippen LogP contribution in [0.5, 0.6) is 17.2 Å². The SMILES string of the molecule is COCCN1CCC(CNC(=O)c2ccc(Oc3ccc(OC)cc3)cc2)C1. The summed E-state index contributed by atoms with van der Waals surface area (Å²) in [5, 5.41) is 3.05. The number of ether oxygens (including phenoxy) is 3. The van der Waals surface area contributed by atoms with Gasteiger partial charge in [-0.05, 0) is 67.4 Å². The molecule has 3 rings (SSSR count). The Morgan fingerprint density at radius 3 is 2.32 bits per heavy atom. The molecule has 6 nitrogen and oxygen atoms in total. The fraction of sp³-hybridized carbons (Fsp3) is 0.409. The molecule has 1 saturated heterocycles. The Hall–Kier alpha value is -2.57. The largest absolute Gasteiger partial charge is 0.497 e. The topological polar surface area (TPSA) is 60.0 Å². The Labute approximate surface area is 166 Å². The van der Waals surface area contributed by atoms with E-state index in [-0.39, 0.29) is 5.91 Å². The van der Waals surface area contributed by atoms with Gasteiger partial charge in [-0.15, -0.1) is 0 Å². The van der Waals surface area contributed by atoms with Crippen molar-refractivity contribution in [1.29, 1.82) is 0 Å². The van der Waals surface area contributed by atoms with E-state index >= 15 is 0 Å². The van der Waals surface area contributed by atoms with Crippen LogP contribution in [-0.4, -0.2) is 57.8 Å². The van der Waals surface area contributed by atoms with Gasteiger partial charge in [0.25, 0.3) is 5.91 Å². The van der Waals surface area contributed by atoms with Crippen LogP contribution in [0.25, 0.3) is 0 Å². The van der Waals surface area contributed by atoms with Gasteiger partial charge < -0.3 is 24.4 Å². The predicted molar refractivity (Wildman–Crippen MR) is 108 cm³/mol. The second-order valence-electron chi connectivity index (χ2n) is 6.96. The first kappa shape index (κ1) is 20.2. The fourth-order valence-electron chi connectivity index (χ4n) is 3.30. The van der Waals surface area contributed by atoms with E-state index in [1.54, 1.807) is 38.5 Å². The van der Waals surface area contributed by atoms with Crippen molar-refractivity contribution in [3.05, 3.63) is 54.1 Å². The van der Waals surface area contributed by atoms with Crippen LogP contribution in [0.4, 0.5) is 0 Å². The van der Waals surface area contributed by atoms with Crippen molar-refractivity contribution in [1.82, 2.24) is 10.2 Å². The standard InChI is InChI=1S/C22H28N2O4/c1-26-14-13-24-12-11-17(16-24)15-23-22(25)18-3-5-20(6-4-18)28-21-9-7-19(27-2)8-10-21/h3-10,17H,11-16H2,1-2H3,(H,23,25). The molecule has 6 heteroatoms. The van der Waals surface area contributed by atoms with Gasteiger partial charge in [0, 0.05) is 32.3 Å². The minimum atomic E-state index is -0.0497. The molecule has 0 bridgehead atoms. The molecule has 0 spiro atoms. The second kappa shape index (κ2) is 10.1. The van der Waals surface area contributed by atoms with Crippen LogP contribution >= 0.6 is 0 Å². The third-order valence-corrected chi connectivity index (χ3v) is 4.94. The summed E-state index contributed by atoms with van der Waals surface area (Å²) < 4.78 is 16.1. The van der Waals surface area contributed by atoms with E-state index < -0.39 is 0 Å². The zero-order valence-corrected chi connectivity index (χ0v) is 16.5. The molecule has 1 unspecified atom stereocenters. The Morgan fingerprint density at radius 1 is 1.04 bits per heavy atom. The minimum Gasteiger partial charge on any atom is -0.497 e. The number of methoxy groups -OCH3 is 2. The number of carbonyl (C=O) groups is 1. The molecule has 1 aliphatic heterocycles. The van der Waals surface area contributed by atoms with Crippen LogP contribution in [0.3, 0.4) is 0 Å². The van der Waals surface area contributed by atoms with Crippen LogP contribution in [0.1, 0.15) is 16.8 Å². The summed E-state index contributed by atoms with van der Waals surface area (Å²) in [6.45, 7) is 4.49. The van der Waals surface area contributed by atoms with E-state index in [2.05, 4.69) is 10.2 Å². The van der Waals surface area contributed by atoms with Gasteiger partial charge in [-0.25, -0.2) is 0 Å². The first-order chi connectivity index (χ1) is 13.7. The molecule has 0 aromatic heterocycles. The van der Waals surface area contributed by atoms with Gasteiger partial charge in [0.1, 0.15) is 17.2 Å². The van der Waals surface area contributed by atoms with Gasteiger partial charge >= 0.3 is 0 Å². The zero-order chi connectivity index (χ0) is 19.8. The lowest BCUT2D eigenvalue weighted by atomic mass is 10.1. The van der Waals surface area contributed by atoms with Crippen molar-refractivity contribution in [2.24, 2.45) is 5.92 Å².